The van der Waals surface area contributed by atoms with E-state index in [1.54, 1.807) is 22.8 Å². The van der Waals surface area contributed by atoms with Crippen LogP contribution in [0.2, 0.25) is 0 Å². The lowest BCUT2D eigenvalue weighted by molar-refractivity contribution is 0.276. The zero-order valence-corrected chi connectivity index (χ0v) is 13.9. The zero-order valence-electron chi connectivity index (χ0n) is 13.0. The molecule has 1 aliphatic rings. The summed E-state index contributed by atoms with van der Waals surface area (Å²) in [4.78, 5) is 0.343. The molecule has 0 unspecified atom stereocenters. The maximum atomic E-state index is 12.8. The van der Waals surface area contributed by atoms with Gasteiger partial charge in [0.05, 0.1) is 11.4 Å². The van der Waals surface area contributed by atoms with Crippen molar-refractivity contribution in [3.63, 3.8) is 0 Å². The van der Waals surface area contributed by atoms with E-state index in [0.29, 0.717) is 48.3 Å². The molecule has 120 valence electrons. The van der Waals surface area contributed by atoms with Gasteiger partial charge in [-0.15, -0.1) is 0 Å². The summed E-state index contributed by atoms with van der Waals surface area (Å²) in [6.45, 7) is 7.47. The van der Waals surface area contributed by atoms with Crippen molar-refractivity contribution >= 4 is 10.0 Å². The van der Waals surface area contributed by atoms with E-state index < -0.39 is 10.0 Å². The summed E-state index contributed by atoms with van der Waals surface area (Å²) in [7, 11) is -3.46. The van der Waals surface area contributed by atoms with Gasteiger partial charge in [-0.1, -0.05) is 6.92 Å². The average Bonchev–Trinajstić information content (AvgIpc) is 2.72. The second-order valence-electron chi connectivity index (χ2n) is 5.89. The molecule has 1 aliphatic heterocycles. The third kappa shape index (κ3) is 3.30. The van der Waals surface area contributed by atoms with E-state index >= 15 is 0 Å². The Balaban J connectivity index is 2.29. The van der Waals surface area contributed by atoms with Crippen molar-refractivity contribution in [2.45, 2.75) is 51.5 Å². The van der Waals surface area contributed by atoms with Crippen LogP contribution in [0.5, 0.6) is 0 Å². The van der Waals surface area contributed by atoms with Gasteiger partial charge in [0.25, 0.3) is 0 Å². The predicted octanol–water partition coefficient (Wildman–Crippen LogP) is 1.30. The fourth-order valence-corrected chi connectivity index (χ4v) is 4.69. The topological polar surface area (TPSA) is 75.4 Å². The molecule has 21 heavy (non-hydrogen) atoms. The van der Waals surface area contributed by atoms with Gasteiger partial charge < -0.3 is 5.11 Å². The number of rotatable bonds is 5. The van der Waals surface area contributed by atoms with E-state index in [2.05, 4.69) is 12.0 Å². The summed E-state index contributed by atoms with van der Waals surface area (Å²) in [5.74, 6) is 0.589. The molecular formula is C14H25N3O3S. The predicted molar refractivity (Wildman–Crippen MR) is 80.6 cm³/mol. The number of nitrogens with zero attached hydrogens (tertiary/aromatic N) is 3. The molecule has 1 N–H and O–H groups in total. The molecule has 0 saturated carbocycles. The molecule has 1 aromatic rings. The molecule has 7 heteroatoms. The number of sulfonamides is 1. The molecule has 0 aliphatic carbocycles. The molecule has 0 bridgehead atoms. The van der Waals surface area contributed by atoms with Gasteiger partial charge in [0, 0.05) is 26.2 Å². The average molecular weight is 315 g/mol. The highest BCUT2D eigenvalue weighted by atomic mass is 32.2. The molecule has 6 nitrogen and oxygen atoms in total. The minimum Gasteiger partial charge on any atom is -0.396 e. The van der Waals surface area contributed by atoms with Gasteiger partial charge in [0.1, 0.15) is 4.90 Å². The maximum Gasteiger partial charge on any atom is 0.246 e. The number of aliphatic hydroxyl groups excluding tert-OH is 1. The lowest BCUT2D eigenvalue weighted by Gasteiger charge is -2.29. The molecule has 0 spiro atoms. The van der Waals surface area contributed by atoms with Crippen molar-refractivity contribution in [2.24, 2.45) is 5.92 Å². The Hall–Kier alpha value is -0.920. The van der Waals surface area contributed by atoms with Crippen LogP contribution >= 0.6 is 0 Å². The molecule has 2 heterocycles. The second kappa shape index (κ2) is 6.46. The van der Waals surface area contributed by atoms with E-state index in [0.717, 1.165) is 12.8 Å². The summed E-state index contributed by atoms with van der Waals surface area (Å²) in [6.07, 6.45) is 2.40. The van der Waals surface area contributed by atoms with Gasteiger partial charge in [0.2, 0.25) is 10.0 Å². The van der Waals surface area contributed by atoms with Gasteiger partial charge in [-0.05, 0) is 39.0 Å². The Morgan fingerprint density at radius 1 is 1.29 bits per heavy atom. The van der Waals surface area contributed by atoms with Crippen LogP contribution in [0.15, 0.2) is 4.90 Å². The van der Waals surface area contributed by atoms with E-state index in [4.69, 9.17) is 5.11 Å². The summed E-state index contributed by atoms with van der Waals surface area (Å²) < 4.78 is 29.0. The Morgan fingerprint density at radius 3 is 2.48 bits per heavy atom. The number of hydrogen-bond acceptors (Lipinski definition) is 4. The van der Waals surface area contributed by atoms with E-state index in [-0.39, 0.29) is 6.61 Å². The van der Waals surface area contributed by atoms with Crippen LogP contribution in [0, 0.1) is 19.8 Å². The molecule has 0 amide bonds. The van der Waals surface area contributed by atoms with Crippen LogP contribution in [-0.2, 0) is 16.6 Å². The minimum absolute atomic E-state index is 0.0739. The van der Waals surface area contributed by atoms with Gasteiger partial charge >= 0.3 is 0 Å². The summed E-state index contributed by atoms with van der Waals surface area (Å²) in [6, 6.07) is 0. The summed E-state index contributed by atoms with van der Waals surface area (Å²) >= 11 is 0. The van der Waals surface area contributed by atoms with Crippen molar-refractivity contribution in [1.29, 1.82) is 0 Å². The Morgan fingerprint density at radius 2 is 1.90 bits per heavy atom. The fraction of sp³-hybridized carbons (Fsp3) is 0.786. The summed E-state index contributed by atoms with van der Waals surface area (Å²) in [5, 5.41) is 13.2. The van der Waals surface area contributed by atoms with Crippen molar-refractivity contribution in [3.8, 4) is 0 Å². The Labute approximate surface area is 126 Å². The van der Waals surface area contributed by atoms with Crippen molar-refractivity contribution in [2.75, 3.05) is 19.7 Å². The third-order valence-corrected chi connectivity index (χ3v) is 6.34. The number of piperidine rings is 1. The molecule has 1 aromatic heterocycles. The SMILES string of the molecule is Cc1nn(CCCO)c(C)c1S(=O)(=O)N1CCC(C)CC1. The first-order valence-corrected chi connectivity index (χ1v) is 8.97. The van der Waals surface area contributed by atoms with E-state index in [9.17, 15) is 8.42 Å². The van der Waals surface area contributed by atoms with Gasteiger partial charge in [-0.2, -0.15) is 9.40 Å². The first-order chi connectivity index (χ1) is 9.87. The standard InChI is InChI=1S/C14H25N3O3S/c1-11-5-8-16(9-6-11)21(19,20)14-12(2)15-17(13(14)3)7-4-10-18/h11,18H,4-10H2,1-3H3. The highest BCUT2D eigenvalue weighted by molar-refractivity contribution is 7.89. The number of aryl methyl sites for hydroxylation is 2. The van der Waals surface area contributed by atoms with Crippen LogP contribution in [0.4, 0.5) is 0 Å². The quantitative estimate of drug-likeness (QED) is 0.889. The monoisotopic (exact) mass is 315 g/mol. The molecule has 2 rings (SSSR count). The first-order valence-electron chi connectivity index (χ1n) is 7.53. The number of hydrogen-bond donors (Lipinski definition) is 1. The highest BCUT2D eigenvalue weighted by Crippen LogP contribution is 2.27. The van der Waals surface area contributed by atoms with Gasteiger partial charge in [-0.25, -0.2) is 8.42 Å². The smallest absolute Gasteiger partial charge is 0.246 e. The zero-order chi connectivity index (χ0) is 15.6. The van der Waals surface area contributed by atoms with E-state index in [1.165, 1.54) is 0 Å². The normalized spacial score (nSPS) is 18.3. The van der Waals surface area contributed by atoms with E-state index in [1.807, 2.05) is 0 Å². The molecule has 0 radical (unpaired) electrons. The third-order valence-electron chi connectivity index (χ3n) is 4.18. The van der Waals surface area contributed by atoms with Crippen molar-refractivity contribution in [1.82, 2.24) is 14.1 Å². The maximum absolute atomic E-state index is 12.8. The largest absolute Gasteiger partial charge is 0.396 e. The van der Waals surface area contributed by atoms with Crippen LogP contribution in [0.3, 0.4) is 0 Å². The number of aromatic nitrogens is 2. The highest BCUT2D eigenvalue weighted by Gasteiger charge is 2.32. The Bertz CT molecular complexity index is 587. The van der Waals surface area contributed by atoms with Crippen LogP contribution in [-0.4, -0.2) is 47.3 Å². The lowest BCUT2D eigenvalue weighted by Crippen LogP contribution is -2.38. The molecular weight excluding hydrogens is 290 g/mol. The molecule has 0 atom stereocenters. The van der Waals surface area contributed by atoms with Crippen molar-refractivity contribution in [3.05, 3.63) is 11.4 Å². The fourth-order valence-electron chi connectivity index (χ4n) is 2.85. The van der Waals surface area contributed by atoms with Gasteiger partial charge in [0.15, 0.2) is 0 Å². The second-order valence-corrected chi connectivity index (χ2v) is 7.76. The molecule has 1 fully saturated rings. The van der Waals surface area contributed by atoms with Crippen LogP contribution < -0.4 is 0 Å². The molecule has 1 saturated heterocycles. The van der Waals surface area contributed by atoms with Crippen LogP contribution in [0.1, 0.15) is 37.6 Å². The number of aliphatic hydroxyl groups is 1. The Kier molecular flexibility index (Phi) is 5.06. The van der Waals surface area contributed by atoms with Crippen LogP contribution in [0.25, 0.3) is 0 Å². The summed E-state index contributed by atoms with van der Waals surface area (Å²) in [5.41, 5.74) is 1.21. The lowest BCUT2D eigenvalue weighted by atomic mass is 10.0. The first kappa shape index (κ1) is 16.5. The van der Waals surface area contributed by atoms with Gasteiger partial charge in [-0.3, -0.25) is 4.68 Å². The molecule has 0 aromatic carbocycles. The van der Waals surface area contributed by atoms with Crippen molar-refractivity contribution < 1.29 is 13.5 Å². The minimum atomic E-state index is -3.46.